The van der Waals surface area contributed by atoms with Gasteiger partial charge in [-0.1, -0.05) is 13.0 Å². The monoisotopic (exact) mass is 196 g/mol. The second-order valence-corrected chi connectivity index (χ2v) is 3.74. The lowest BCUT2D eigenvalue weighted by atomic mass is 9.96. The molecular weight excluding hydrogens is 179 g/mol. The van der Waals surface area contributed by atoms with Crippen molar-refractivity contribution in [2.75, 3.05) is 13.7 Å². The summed E-state index contributed by atoms with van der Waals surface area (Å²) >= 11 is 0. The van der Waals surface area contributed by atoms with Gasteiger partial charge < -0.3 is 4.74 Å². The van der Waals surface area contributed by atoms with Gasteiger partial charge in [0, 0.05) is 13.7 Å². The highest BCUT2D eigenvalue weighted by atomic mass is 19.1. The second kappa shape index (κ2) is 5.11. The molecular formula is C12H17FO. The number of halogens is 1. The van der Waals surface area contributed by atoms with E-state index in [4.69, 9.17) is 4.74 Å². The van der Waals surface area contributed by atoms with Crippen LogP contribution in [-0.4, -0.2) is 13.7 Å². The van der Waals surface area contributed by atoms with E-state index < -0.39 is 0 Å². The summed E-state index contributed by atoms with van der Waals surface area (Å²) in [6.45, 7) is 4.72. The van der Waals surface area contributed by atoms with Gasteiger partial charge in [0.25, 0.3) is 0 Å². The van der Waals surface area contributed by atoms with Crippen LogP contribution in [0.15, 0.2) is 18.2 Å². The number of benzene rings is 1. The smallest absolute Gasteiger partial charge is 0.123 e. The predicted octanol–water partition coefficient (Wildman–Crippen LogP) is 3.27. The molecule has 0 aliphatic rings. The summed E-state index contributed by atoms with van der Waals surface area (Å²) in [6, 6.07) is 5.18. The summed E-state index contributed by atoms with van der Waals surface area (Å²) < 4.78 is 18.1. The quantitative estimate of drug-likeness (QED) is 0.718. The molecule has 0 heterocycles. The summed E-state index contributed by atoms with van der Waals surface area (Å²) in [6.07, 6.45) is 0.930. The first-order valence-corrected chi connectivity index (χ1v) is 4.89. The highest BCUT2D eigenvalue weighted by Gasteiger charge is 2.06. The molecule has 0 N–H and O–H groups in total. The fourth-order valence-electron chi connectivity index (χ4n) is 1.51. The zero-order chi connectivity index (χ0) is 10.6. The Bertz CT molecular complexity index is 276. The van der Waals surface area contributed by atoms with Crippen molar-refractivity contribution in [3.63, 3.8) is 0 Å². The zero-order valence-electron chi connectivity index (χ0n) is 9.01. The highest BCUT2D eigenvalue weighted by molar-refractivity contribution is 5.26. The Kier molecular flexibility index (Phi) is 4.08. The van der Waals surface area contributed by atoms with Gasteiger partial charge in [0.1, 0.15) is 5.82 Å². The van der Waals surface area contributed by atoms with Crippen LogP contribution in [0.2, 0.25) is 0 Å². The van der Waals surface area contributed by atoms with E-state index in [9.17, 15) is 4.39 Å². The van der Waals surface area contributed by atoms with Crippen LogP contribution in [0.4, 0.5) is 4.39 Å². The van der Waals surface area contributed by atoms with E-state index in [-0.39, 0.29) is 5.82 Å². The molecule has 1 unspecified atom stereocenters. The second-order valence-electron chi connectivity index (χ2n) is 3.74. The van der Waals surface area contributed by atoms with E-state index >= 15 is 0 Å². The number of ether oxygens (including phenoxy) is 1. The van der Waals surface area contributed by atoms with Gasteiger partial charge in [-0.25, -0.2) is 4.39 Å². The summed E-state index contributed by atoms with van der Waals surface area (Å²) in [7, 11) is 1.68. The van der Waals surface area contributed by atoms with Crippen molar-refractivity contribution in [1.82, 2.24) is 0 Å². The van der Waals surface area contributed by atoms with E-state index in [1.807, 2.05) is 13.0 Å². The molecule has 1 aromatic rings. The molecule has 78 valence electrons. The van der Waals surface area contributed by atoms with Crippen LogP contribution in [0, 0.1) is 12.7 Å². The van der Waals surface area contributed by atoms with Gasteiger partial charge in [-0.3, -0.25) is 0 Å². The molecule has 14 heavy (non-hydrogen) atoms. The maximum Gasteiger partial charge on any atom is 0.123 e. The number of hydrogen-bond donors (Lipinski definition) is 0. The largest absolute Gasteiger partial charge is 0.385 e. The van der Waals surface area contributed by atoms with E-state index in [0.29, 0.717) is 5.92 Å². The highest BCUT2D eigenvalue weighted by Crippen LogP contribution is 2.21. The van der Waals surface area contributed by atoms with Crippen LogP contribution in [0.25, 0.3) is 0 Å². The summed E-state index contributed by atoms with van der Waals surface area (Å²) in [5.41, 5.74) is 2.03. The Hall–Kier alpha value is -0.890. The summed E-state index contributed by atoms with van der Waals surface area (Å²) in [4.78, 5) is 0. The minimum absolute atomic E-state index is 0.149. The lowest BCUT2D eigenvalue weighted by Gasteiger charge is -2.12. The van der Waals surface area contributed by atoms with Gasteiger partial charge in [-0.15, -0.1) is 0 Å². The van der Waals surface area contributed by atoms with Gasteiger partial charge in [-0.05, 0) is 42.5 Å². The van der Waals surface area contributed by atoms with Crippen LogP contribution >= 0.6 is 0 Å². The maximum atomic E-state index is 13.1. The average Bonchev–Trinajstić information content (AvgIpc) is 2.12. The fourth-order valence-corrected chi connectivity index (χ4v) is 1.51. The number of hydrogen-bond acceptors (Lipinski definition) is 1. The van der Waals surface area contributed by atoms with Crippen molar-refractivity contribution in [3.05, 3.63) is 35.1 Å². The Morgan fingerprint density at radius 1 is 1.36 bits per heavy atom. The minimum atomic E-state index is -0.149. The van der Waals surface area contributed by atoms with Crippen LogP contribution in [0.5, 0.6) is 0 Å². The van der Waals surface area contributed by atoms with Crippen LogP contribution in [0.3, 0.4) is 0 Å². The number of aryl methyl sites for hydroxylation is 1. The Morgan fingerprint density at radius 2 is 2.07 bits per heavy atom. The molecule has 0 aromatic heterocycles. The molecule has 0 amide bonds. The van der Waals surface area contributed by atoms with E-state index in [1.165, 1.54) is 0 Å². The predicted molar refractivity (Wildman–Crippen MR) is 56.0 cm³/mol. The van der Waals surface area contributed by atoms with Crippen molar-refractivity contribution in [2.45, 2.75) is 26.2 Å². The van der Waals surface area contributed by atoms with Gasteiger partial charge >= 0.3 is 0 Å². The van der Waals surface area contributed by atoms with Crippen LogP contribution in [0.1, 0.15) is 30.4 Å². The number of methoxy groups -OCH3 is 1. The third-order valence-corrected chi connectivity index (χ3v) is 2.39. The molecule has 0 aliphatic heterocycles. The van der Waals surface area contributed by atoms with Gasteiger partial charge in [0.15, 0.2) is 0 Å². The first-order chi connectivity index (χ1) is 6.63. The van der Waals surface area contributed by atoms with Gasteiger partial charge in [0.05, 0.1) is 0 Å². The normalized spacial score (nSPS) is 12.9. The molecule has 0 spiro atoms. The van der Waals surface area contributed by atoms with E-state index in [2.05, 4.69) is 6.92 Å². The third kappa shape index (κ3) is 3.11. The molecule has 1 aromatic carbocycles. The lowest BCUT2D eigenvalue weighted by Crippen LogP contribution is -1.99. The SMILES string of the molecule is COCCC(C)c1cc(C)cc(F)c1. The summed E-state index contributed by atoms with van der Waals surface area (Å²) in [5, 5.41) is 0. The standard InChI is InChI=1S/C12H17FO/c1-9-6-11(8-12(13)7-9)10(2)4-5-14-3/h6-8,10H,4-5H2,1-3H3. The minimum Gasteiger partial charge on any atom is -0.385 e. The van der Waals surface area contributed by atoms with E-state index in [0.717, 1.165) is 24.2 Å². The fraction of sp³-hybridized carbons (Fsp3) is 0.500. The molecule has 0 aliphatic carbocycles. The average molecular weight is 196 g/mol. The van der Waals surface area contributed by atoms with Crippen LogP contribution in [-0.2, 0) is 4.74 Å². The van der Waals surface area contributed by atoms with Gasteiger partial charge in [-0.2, -0.15) is 0 Å². The first-order valence-electron chi connectivity index (χ1n) is 4.89. The molecule has 2 heteroatoms. The molecule has 0 saturated heterocycles. The molecule has 0 radical (unpaired) electrons. The molecule has 1 rings (SSSR count). The maximum absolute atomic E-state index is 13.1. The van der Waals surface area contributed by atoms with E-state index in [1.54, 1.807) is 19.2 Å². The van der Waals surface area contributed by atoms with Crippen molar-refractivity contribution in [2.24, 2.45) is 0 Å². The Labute approximate surface area is 84.9 Å². The zero-order valence-corrected chi connectivity index (χ0v) is 9.01. The van der Waals surface area contributed by atoms with Crippen molar-refractivity contribution in [1.29, 1.82) is 0 Å². The molecule has 0 fully saturated rings. The third-order valence-electron chi connectivity index (χ3n) is 2.39. The van der Waals surface area contributed by atoms with Gasteiger partial charge in [0.2, 0.25) is 0 Å². The number of rotatable bonds is 4. The Morgan fingerprint density at radius 3 is 2.64 bits per heavy atom. The van der Waals surface area contributed by atoms with Crippen molar-refractivity contribution < 1.29 is 9.13 Å². The molecule has 0 saturated carbocycles. The first kappa shape index (κ1) is 11.2. The molecule has 1 atom stereocenters. The summed E-state index contributed by atoms with van der Waals surface area (Å²) in [5.74, 6) is 0.202. The van der Waals surface area contributed by atoms with Crippen LogP contribution < -0.4 is 0 Å². The molecule has 0 bridgehead atoms. The van der Waals surface area contributed by atoms with Crippen molar-refractivity contribution in [3.8, 4) is 0 Å². The molecule has 1 nitrogen and oxygen atoms in total. The Balaban J connectivity index is 2.73. The van der Waals surface area contributed by atoms with Crippen molar-refractivity contribution >= 4 is 0 Å². The topological polar surface area (TPSA) is 9.23 Å². The lowest BCUT2D eigenvalue weighted by molar-refractivity contribution is 0.189.